The molecule has 5 heteroatoms. The fraction of sp³-hybridized carbons (Fsp3) is 0.412. The monoisotopic (exact) mass is 303 g/mol. The Morgan fingerprint density at radius 3 is 2.59 bits per heavy atom. The third-order valence-corrected chi connectivity index (χ3v) is 4.02. The number of likely N-dealkylation sites (tertiary alicyclic amines) is 1. The quantitative estimate of drug-likeness (QED) is 0.868. The maximum atomic E-state index is 12.3. The highest BCUT2D eigenvalue weighted by Crippen LogP contribution is 2.21. The molecular weight excluding hydrogens is 282 g/mol. The van der Waals surface area contributed by atoms with Crippen LogP contribution in [0, 0.1) is 5.92 Å². The number of benzene rings is 1. The molecule has 1 amide bonds. The van der Waals surface area contributed by atoms with Crippen LogP contribution in [0.3, 0.4) is 0 Å². The maximum Gasteiger partial charge on any atom is 0.306 e. The molecule has 1 aromatic carbocycles. The van der Waals surface area contributed by atoms with Gasteiger partial charge in [-0.15, -0.1) is 0 Å². The first-order valence-electron chi connectivity index (χ1n) is 7.35. The van der Waals surface area contributed by atoms with E-state index in [9.17, 15) is 9.59 Å². The summed E-state index contributed by atoms with van der Waals surface area (Å²) in [5, 5.41) is 8.98. The molecule has 1 aromatic rings. The second-order valence-corrected chi connectivity index (χ2v) is 5.50. The van der Waals surface area contributed by atoms with Gasteiger partial charge in [0.05, 0.1) is 13.0 Å². The first-order valence-corrected chi connectivity index (χ1v) is 7.35. The van der Waals surface area contributed by atoms with E-state index < -0.39 is 5.97 Å². The van der Waals surface area contributed by atoms with Crippen molar-refractivity contribution in [2.45, 2.75) is 19.8 Å². The summed E-state index contributed by atoms with van der Waals surface area (Å²) >= 11 is 0. The zero-order chi connectivity index (χ0) is 16.1. The highest BCUT2D eigenvalue weighted by molar-refractivity contribution is 5.95. The van der Waals surface area contributed by atoms with Crippen LogP contribution in [0.1, 0.15) is 25.3 Å². The summed E-state index contributed by atoms with van der Waals surface area (Å²) in [4.78, 5) is 24.9. The molecule has 0 radical (unpaired) electrons. The smallest absolute Gasteiger partial charge is 0.306 e. The predicted molar refractivity (Wildman–Crippen MR) is 83.6 cm³/mol. The van der Waals surface area contributed by atoms with Crippen LogP contribution in [0.2, 0.25) is 0 Å². The number of hydrogen-bond donors (Lipinski definition) is 1. The standard InChI is InChI=1S/C17H21NO4/c1-12(14-4-3-5-15(11-14)22-2)10-16(19)18-8-6-13(7-9-18)17(20)21/h3-5,10-11,13H,6-9H2,1-2H3,(H,20,21)/b12-10+. The molecule has 1 saturated heterocycles. The lowest BCUT2D eigenvalue weighted by Crippen LogP contribution is -2.39. The van der Waals surface area contributed by atoms with Crippen LogP contribution < -0.4 is 4.74 Å². The fourth-order valence-electron chi connectivity index (χ4n) is 2.58. The number of methoxy groups -OCH3 is 1. The summed E-state index contributed by atoms with van der Waals surface area (Å²) in [6.45, 7) is 2.88. The van der Waals surface area contributed by atoms with E-state index in [-0.39, 0.29) is 11.8 Å². The minimum atomic E-state index is -0.768. The van der Waals surface area contributed by atoms with Gasteiger partial charge >= 0.3 is 5.97 Å². The molecule has 0 aliphatic carbocycles. The van der Waals surface area contributed by atoms with Crippen molar-refractivity contribution in [1.82, 2.24) is 4.90 Å². The van der Waals surface area contributed by atoms with Crippen molar-refractivity contribution in [2.24, 2.45) is 5.92 Å². The van der Waals surface area contributed by atoms with E-state index in [1.165, 1.54) is 0 Å². The molecule has 1 fully saturated rings. The van der Waals surface area contributed by atoms with Crippen LogP contribution in [0.5, 0.6) is 5.75 Å². The van der Waals surface area contributed by atoms with Crippen molar-refractivity contribution in [3.63, 3.8) is 0 Å². The van der Waals surface area contributed by atoms with Gasteiger partial charge < -0.3 is 14.7 Å². The lowest BCUT2D eigenvalue weighted by molar-refractivity contribution is -0.144. The Balaban J connectivity index is 2.02. The van der Waals surface area contributed by atoms with E-state index >= 15 is 0 Å². The molecule has 22 heavy (non-hydrogen) atoms. The zero-order valence-corrected chi connectivity index (χ0v) is 12.9. The number of carbonyl (C=O) groups excluding carboxylic acids is 1. The van der Waals surface area contributed by atoms with Crippen molar-refractivity contribution in [3.8, 4) is 5.75 Å². The first kappa shape index (κ1) is 16.1. The van der Waals surface area contributed by atoms with Gasteiger partial charge in [-0.2, -0.15) is 0 Å². The number of aliphatic carboxylic acids is 1. The molecule has 1 aliphatic rings. The van der Waals surface area contributed by atoms with Gasteiger partial charge in [0.2, 0.25) is 5.91 Å². The van der Waals surface area contributed by atoms with E-state index in [1.54, 1.807) is 18.1 Å². The molecule has 118 valence electrons. The minimum Gasteiger partial charge on any atom is -0.497 e. The van der Waals surface area contributed by atoms with Crippen LogP contribution in [0.25, 0.3) is 5.57 Å². The molecule has 0 aromatic heterocycles. The molecule has 0 unspecified atom stereocenters. The summed E-state index contributed by atoms with van der Waals surface area (Å²) in [5.74, 6) is -0.410. The lowest BCUT2D eigenvalue weighted by atomic mass is 9.97. The molecular formula is C17H21NO4. The molecule has 2 rings (SSSR count). The van der Waals surface area contributed by atoms with Gasteiger partial charge in [0, 0.05) is 19.2 Å². The number of carboxylic acids is 1. The number of ether oxygens (including phenoxy) is 1. The Labute approximate surface area is 130 Å². The Morgan fingerprint density at radius 1 is 1.32 bits per heavy atom. The van der Waals surface area contributed by atoms with Gasteiger partial charge in [0.25, 0.3) is 0 Å². The number of carboxylic acid groups (broad SMARTS) is 1. The van der Waals surface area contributed by atoms with Crippen LogP contribution in [0.4, 0.5) is 0 Å². The highest BCUT2D eigenvalue weighted by Gasteiger charge is 2.26. The Bertz CT molecular complexity index is 586. The number of carbonyl (C=O) groups is 2. The Hall–Kier alpha value is -2.30. The minimum absolute atomic E-state index is 0.0656. The lowest BCUT2D eigenvalue weighted by Gasteiger charge is -2.29. The second-order valence-electron chi connectivity index (χ2n) is 5.50. The number of nitrogens with zero attached hydrogens (tertiary/aromatic N) is 1. The topological polar surface area (TPSA) is 66.8 Å². The van der Waals surface area contributed by atoms with Crippen LogP contribution in [0.15, 0.2) is 30.3 Å². The van der Waals surface area contributed by atoms with Gasteiger partial charge in [-0.3, -0.25) is 9.59 Å². The summed E-state index contributed by atoms with van der Waals surface area (Å²) in [6.07, 6.45) is 2.65. The van der Waals surface area contributed by atoms with Gasteiger partial charge in [0.1, 0.15) is 5.75 Å². The number of piperidine rings is 1. The predicted octanol–water partition coefficient (Wildman–Crippen LogP) is 2.42. The summed E-state index contributed by atoms with van der Waals surface area (Å²) in [5.41, 5.74) is 1.80. The molecule has 0 spiro atoms. The Morgan fingerprint density at radius 2 is 2.00 bits per heavy atom. The number of rotatable bonds is 4. The van der Waals surface area contributed by atoms with Gasteiger partial charge in [-0.1, -0.05) is 12.1 Å². The van der Waals surface area contributed by atoms with Gasteiger partial charge in [0.15, 0.2) is 0 Å². The van der Waals surface area contributed by atoms with Crippen molar-refractivity contribution >= 4 is 17.4 Å². The van der Waals surface area contributed by atoms with Crippen LogP contribution in [-0.4, -0.2) is 42.1 Å². The van der Waals surface area contributed by atoms with Crippen LogP contribution in [-0.2, 0) is 9.59 Å². The molecule has 0 saturated carbocycles. The molecule has 1 aliphatic heterocycles. The molecule has 5 nitrogen and oxygen atoms in total. The van der Waals surface area contributed by atoms with Crippen LogP contribution >= 0.6 is 0 Å². The van der Waals surface area contributed by atoms with Gasteiger partial charge in [-0.05, 0) is 43.0 Å². The molecule has 0 atom stereocenters. The number of amides is 1. The van der Waals surface area contributed by atoms with E-state index in [2.05, 4.69) is 0 Å². The average molecular weight is 303 g/mol. The average Bonchev–Trinajstić information content (AvgIpc) is 2.54. The molecule has 1 heterocycles. The third-order valence-electron chi connectivity index (χ3n) is 4.02. The summed E-state index contributed by atoms with van der Waals surface area (Å²) < 4.78 is 5.18. The second kappa shape index (κ2) is 7.11. The summed E-state index contributed by atoms with van der Waals surface area (Å²) in [7, 11) is 1.61. The number of hydrogen-bond acceptors (Lipinski definition) is 3. The first-order chi connectivity index (χ1) is 10.5. The van der Waals surface area contributed by atoms with Crippen molar-refractivity contribution in [2.75, 3.05) is 20.2 Å². The SMILES string of the molecule is COc1cccc(/C(C)=C/C(=O)N2CCC(C(=O)O)CC2)c1. The van der Waals surface area contributed by atoms with E-state index in [1.807, 2.05) is 31.2 Å². The Kier molecular flexibility index (Phi) is 5.20. The maximum absolute atomic E-state index is 12.3. The summed E-state index contributed by atoms with van der Waals surface area (Å²) in [6, 6.07) is 7.55. The fourth-order valence-corrected chi connectivity index (χ4v) is 2.58. The largest absolute Gasteiger partial charge is 0.497 e. The highest BCUT2D eigenvalue weighted by atomic mass is 16.5. The molecule has 0 bridgehead atoms. The van der Waals surface area contributed by atoms with Crippen molar-refractivity contribution in [3.05, 3.63) is 35.9 Å². The molecule has 1 N–H and O–H groups in total. The zero-order valence-electron chi connectivity index (χ0n) is 12.9. The van der Waals surface area contributed by atoms with E-state index in [0.29, 0.717) is 25.9 Å². The van der Waals surface area contributed by atoms with Gasteiger partial charge in [-0.25, -0.2) is 0 Å². The van der Waals surface area contributed by atoms with E-state index in [4.69, 9.17) is 9.84 Å². The van der Waals surface area contributed by atoms with Crippen molar-refractivity contribution in [1.29, 1.82) is 0 Å². The van der Waals surface area contributed by atoms with E-state index in [0.717, 1.165) is 16.9 Å². The number of allylic oxidation sites excluding steroid dienone is 1. The normalized spacial score (nSPS) is 16.5. The third kappa shape index (κ3) is 3.87. The van der Waals surface area contributed by atoms with Crippen molar-refractivity contribution < 1.29 is 19.4 Å².